The van der Waals surface area contributed by atoms with E-state index in [1.54, 1.807) is 6.20 Å². The van der Waals surface area contributed by atoms with E-state index in [1.165, 1.54) is 17.5 Å². The molecule has 0 spiro atoms. The van der Waals surface area contributed by atoms with E-state index in [1.807, 2.05) is 53.4 Å². The van der Waals surface area contributed by atoms with Crippen LogP contribution in [0.5, 0.6) is 5.75 Å². The van der Waals surface area contributed by atoms with Crippen LogP contribution >= 0.6 is 29.4 Å². The fourth-order valence-electron chi connectivity index (χ4n) is 6.16. The Morgan fingerprint density at radius 2 is 1.78 bits per heavy atom. The van der Waals surface area contributed by atoms with Gasteiger partial charge in [0.25, 0.3) is 5.91 Å². The summed E-state index contributed by atoms with van der Waals surface area (Å²) in [6.07, 6.45) is 4.78. The predicted octanol–water partition coefficient (Wildman–Crippen LogP) is 6.02. The van der Waals surface area contributed by atoms with Gasteiger partial charge >= 0.3 is 0 Å². The minimum Gasteiger partial charge on any atom is -0.485 e. The van der Waals surface area contributed by atoms with Crippen molar-refractivity contribution in [2.45, 2.75) is 58.4 Å². The highest BCUT2D eigenvalue weighted by atomic mass is 79.9. The van der Waals surface area contributed by atoms with Crippen LogP contribution in [0.25, 0.3) is 0 Å². The lowest BCUT2D eigenvalue weighted by atomic mass is 9.93. The molecule has 3 aromatic carbocycles. The molecule has 45 heavy (non-hydrogen) atoms. The lowest BCUT2D eigenvalue weighted by molar-refractivity contribution is 0.0734. The van der Waals surface area contributed by atoms with Crippen LogP contribution in [0, 0.1) is 6.92 Å². The fourth-order valence-corrected chi connectivity index (χ4v) is 6.42. The van der Waals surface area contributed by atoms with Crippen LogP contribution in [0.4, 0.5) is 0 Å². The van der Waals surface area contributed by atoms with Crippen LogP contribution in [0.3, 0.4) is 0 Å². The van der Waals surface area contributed by atoms with Crippen LogP contribution < -0.4 is 4.74 Å². The molecule has 1 atom stereocenters. The maximum atomic E-state index is 13.1. The number of hydrogen-bond donors (Lipinski definition) is 1. The summed E-state index contributed by atoms with van der Waals surface area (Å²) in [4.78, 5) is 34.1. The van der Waals surface area contributed by atoms with E-state index in [-0.39, 0.29) is 25.2 Å². The van der Waals surface area contributed by atoms with Crippen LogP contribution in [-0.2, 0) is 32.5 Å². The zero-order valence-corrected chi connectivity index (χ0v) is 27.9. The molecule has 10 heteroatoms. The van der Waals surface area contributed by atoms with E-state index in [9.17, 15) is 14.7 Å². The molecule has 8 nitrogen and oxygen atoms in total. The summed E-state index contributed by atoms with van der Waals surface area (Å²) in [5.41, 5.74) is 7.22. The van der Waals surface area contributed by atoms with Gasteiger partial charge in [0.15, 0.2) is 17.9 Å². The minimum absolute atomic E-state index is 0. The Hall–Kier alpha value is -3.44. The van der Waals surface area contributed by atoms with E-state index in [0.29, 0.717) is 62.4 Å². The summed E-state index contributed by atoms with van der Waals surface area (Å²) in [6, 6.07) is 17.3. The molecule has 0 bridgehead atoms. The van der Waals surface area contributed by atoms with E-state index in [4.69, 9.17) is 9.15 Å². The zero-order valence-electron chi connectivity index (χ0n) is 25.3. The highest BCUT2D eigenvalue weighted by Crippen LogP contribution is 2.30. The van der Waals surface area contributed by atoms with Gasteiger partial charge in [-0.2, -0.15) is 13.5 Å². The number of oxazole rings is 1. The van der Waals surface area contributed by atoms with Crippen molar-refractivity contribution < 1.29 is 23.8 Å². The van der Waals surface area contributed by atoms with E-state index < -0.39 is 6.10 Å². The highest BCUT2D eigenvalue weighted by Gasteiger charge is 2.24. The van der Waals surface area contributed by atoms with Gasteiger partial charge in [-0.25, -0.2) is 4.98 Å². The Morgan fingerprint density at radius 1 is 1.00 bits per heavy atom. The average Bonchev–Trinajstić information content (AvgIpc) is 3.57. The monoisotopic (exact) mass is 691 g/mol. The third kappa shape index (κ3) is 7.87. The largest absolute Gasteiger partial charge is 0.485 e. The van der Waals surface area contributed by atoms with Crippen molar-refractivity contribution in [3.05, 3.63) is 116 Å². The SMILES string of the molecule is Cc1c(OCc2cnco2)ccc2c1CCN(C[C@@H](O)CCC(=O)c1ccc3c(c1)CCN(C(=O)c1ccc(Br)cc1)C3)C2.S. The molecule has 0 saturated carbocycles. The highest BCUT2D eigenvalue weighted by molar-refractivity contribution is 9.10. The first-order valence-electron chi connectivity index (χ1n) is 15.1. The van der Waals surface area contributed by atoms with Gasteiger partial charge < -0.3 is 19.2 Å². The van der Waals surface area contributed by atoms with E-state index in [2.05, 4.69) is 38.8 Å². The molecule has 1 aromatic heterocycles. The molecule has 236 valence electrons. The van der Waals surface area contributed by atoms with Gasteiger partial charge in [0, 0.05) is 54.7 Å². The Balaban J connectivity index is 0.00000400. The number of aromatic nitrogens is 1. The summed E-state index contributed by atoms with van der Waals surface area (Å²) < 4.78 is 12.2. The summed E-state index contributed by atoms with van der Waals surface area (Å²) in [5, 5.41) is 10.8. The number of carbonyl (C=O) groups excluding carboxylic acids is 2. The zero-order chi connectivity index (χ0) is 30.6. The number of halogens is 1. The van der Waals surface area contributed by atoms with Crippen LogP contribution in [0.1, 0.15) is 67.1 Å². The van der Waals surface area contributed by atoms with Crippen LogP contribution in [-0.4, -0.2) is 57.3 Å². The number of nitrogens with zero attached hydrogens (tertiary/aromatic N) is 3. The van der Waals surface area contributed by atoms with Gasteiger partial charge in [-0.3, -0.25) is 14.5 Å². The molecule has 1 amide bonds. The first kappa shape index (κ1) is 32.9. The minimum atomic E-state index is -0.582. The standard InChI is InChI=1S/C35H36BrN3O5.H2S/c1-23-32-13-14-38(18-28(32)6-11-34(23)43-21-31-17-37-22-44-31)20-30(40)9-10-33(41)26-2-3-27-19-39(15-12-25(27)16-26)35(42)24-4-7-29(36)8-5-24;/h2-8,11,16-17,22,30,40H,9-10,12-15,18-21H2,1H3;1H2/t30-;/m0./s1. The molecule has 0 saturated heterocycles. The molecule has 3 heterocycles. The Labute approximate surface area is 279 Å². The number of fused-ring (bicyclic) bond motifs is 2. The number of benzene rings is 3. The predicted molar refractivity (Wildman–Crippen MR) is 180 cm³/mol. The van der Waals surface area contributed by atoms with Crippen molar-refractivity contribution in [3.8, 4) is 5.75 Å². The lowest BCUT2D eigenvalue weighted by Crippen LogP contribution is -2.37. The molecule has 2 aliphatic rings. The van der Waals surface area contributed by atoms with Crippen molar-refractivity contribution in [1.82, 2.24) is 14.8 Å². The summed E-state index contributed by atoms with van der Waals surface area (Å²) in [5.74, 6) is 1.59. The molecule has 0 unspecified atom stereocenters. The van der Waals surface area contributed by atoms with Gasteiger partial charge in [-0.15, -0.1) is 0 Å². The van der Waals surface area contributed by atoms with E-state index in [0.717, 1.165) is 46.4 Å². The average molecular weight is 693 g/mol. The number of ether oxygens (including phenoxy) is 1. The van der Waals surface area contributed by atoms with Crippen molar-refractivity contribution in [3.63, 3.8) is 0 Å². The van der Waals surface area contributed by atoms with Crippen molar-refractivity contribution in [2.24, 2.45) is 0 Å². The third-order valence-corrected chi connectivity index (χ3v) is 9.19. The number of aliphatic hydroxyl groups is 1. The number of rotatable bonds is 10. The normalized spacial score (nSPS) is 15.0. The molecule has 0 radical (unpaired) electrons. The summed E-state index contributed by atoms with van der Waals surface area (Å²) in [7, 11) is 0. The Bertz CT molecular complexity index is 1640. The number of hydrogen-bond acceptors (Lipinski definition) is 7. The smallest absolute Gasteiger partial charge is 0.254 e. The van der Waals surface area contributed by atoms with Gasteiger partial charge in [0.1, 0.15) is 12.4 Å². The van der Waals surface area contributed by atoms with Crippen molar-refractivity contribution in [1.29, 1.82) is 0 Å². The lowest BCUT2D eigenvalue weighted by Gasteiger charge is -2.31. The maximum absolute atomic E-state index is 13.1. The molecule has 6 rings (SSSR count). The Morgan fingerprint density at radius 3 is 2.56 bits per heavy atom. The van der Waals surface area contributed by atoms with Crippen LogP contribution in [0.15, 0.2) is 76.1 Å². The molecular weight excluding hydrogens is 654 g/mol. The second kappa shape index (κ2) is 14.8. The van der Waals surface area contributed by atoms with Crippen molar-refractivity contribution >= 4 is 41.1 Å². The second-order valence-corrected chi connectivity index (χ2v) is 12.6. The fraction of sp³-hybridized carbons (Fsp3) is 0.343. The first-order valence-corrected chi connectivity index (χ1v) is 15.8. The number of ketones is 1. The van der Waals surface area contributed by atoms with Gasteiger partial charge in [0.05, 0.1) is 12.3 Å². The number of aliphatic hydroxyl groups excluding tert-OH is 1. The summed E-state index contributed by atoms with van der Waals surface area (Å²) >= 11 is 3.41. The van der Waals surface area contributed by atoms with E-state index >= 15 is 0 Å². The number of carbonyl (C=O) groups is 2. The topological polar surface area (TPSA) is 96.1 Å². The third-order valence-electron chi connectivity index (χ3n) is 8.66. The van der Waals surface area contributed by atoms with Crippen molar-refractivity contribution in [2.75, 3.05) is 19.6 Å². The second-order valence-electron chi connectivity index (χ2n) is 11.7. The quantitative estimate of drug-likeness (QED) is 0.203. The van der Waals surface area contributed by atoms with Gasteiger partial charge in [-0.05, 0) is 90.4 Å². The molecule has 2 aliphatic heterocycles. The van der Waals surface area contributed by atoms with Gasteiger partial charge in [-0.1, -0.05) is 34.1 Å². The Kier molecular flexibility index (Phi) is 10.8. The molecule has 4 aromatic rings. The molecule has 1 N–H and O–H groups in total. The van der Waals surface area contributed by atoms with Crippen LogP contribution in [0.2, 0.25) is 0 Å². The molecular formula is C35H38BrN3O5S. The number of β-amino-alcohol motifs (C(OH)–C–C–N with tert-alkyl or cyclic N) is 1. The number of Topliss-reactive ketones (excluding diaryl/α,β-unsaturated/α-hetero) is 1. The maximum Gasteiger partial charge on any atom is 0.254 e. The van der Waals surface area contributed by atoms with Gasteiger partial charge in [0.2, 0.25) is 0 Å². The summed E-state index contributed by atoms with van der Waals surface area (Å²) in [6.45, 7) is 5.72. The molecule has 0 aliphatic carbocycles. The molecule has 0 fully saturated rings. The number of amides is 1. The first-order chi connectivity index (χ1) is 21.3.